The van der Waals surface area contributed by atoms with Gasteiger partial charge in [-0.15, -0.1) is 0 Å². The number of nitriles is 1. The Labute approximate surface area is 159 Å². The number of carbonyl (C=O) groups is 1. The zero-order chi connectivity index (χ0) is 19.5. The Morgan fingerprint density at radius 3 is 2.59 bits per heavy atom. The van der Waals surface area contributed by atoms with Crippen LogP contribution in [0.25, 0.3) is 0 Å². The summed E-state index contributed by atoms with van der Waals surface area (Å²) in [6.45, 7) is 3.00. The zero-order valence-electron chi connectivity index (χ0n) is 15.7. The second kappa shape index (κ2) is 10.7. The standard InChI is InChI=1S/C21H24N2O4/c1-3-12-26-18-8-5-4-7-17(18)23-21(24)9-6-13-27-19-11-10-16(15-22)14-20(19)25-2/h4-5,7-8,10-11,14H,3,6,9,12-13H2,1-2H3,(H,23,24). The molecule has 0 atom stereocenters. The molecular formula is C21H24N2O4. The fourth-order valence-electron chi connectivity index (χ4n) is 2.39. The molecule has 1 N–H and O–H groups in total. The molecular weight excluding hydrogens is 344 g/mol. The minimum atomic E-state index is -0.0991. The third-order valence-electron chi connectivity index (χ3n) is 3.72. The number of methoxy groups -OCH3 is 1. The smallest absolute Gasteiger partial charge is 0.224 e. The fraction of sp³-hybridized carbons (Fsp3) is 0.333. The Bertz CT molecular complexity index is 799. The molecule has 142 valence electrons. The third-order valence-corrected chi connectivity index (χ3v) is 3.72. The summed E-state index contributed by atoms with van der Waals surface area (Å²) in [5.74, 6) is 1.62. The van der Waals surface area contributed by atoms with Crippen LogP contribution < -0.4 is 19.5 Å². The molecule has 0 unspecified atom stereocenters. The summed E-state index contributed by atoms with van der Waals surface area (Å²) in [6, 6.07) is 14.4. The summed E-state index contributed by atoms with van der Waals surface area (Å²) >= 11 is 0. The van der Waals surface area contributed by atoms with E-state index in [-0.39, 0.29) is 5.91 Å². The monoisotopic (exact) mass is 368 g/mol. The molecule has 2 aromatic carbocycles. The van der Waals surface area contributed by atoms with Gasteiger partial charge in [0.15, 0.2) is 11.5 Å². The summed E-state index contributed by atoms with van der Waals surface area (Å²) in [7, 11) is 1.52. The van der Waals surface area contributed by atoms with Crippen molar-refractivity contribution in [2.75, 3.05) is 25.6 Å². The summed E-state index contributed by atoms with van der Waals surface area (Å²) in [5, 5.41) is 11.8. The summed E-state index contributed by atoms with van der Waals surface area (Å²) in [4.78, 5) is 12.2. The van der Waals surface area contributed by atoms with E-state index in [0.29, 0.717) is 54.6 Å². The van der Waals surface area contributed by atoms with E-state index in [9.17, 15) is 4.79 Å². The number of ether oxygens (including phenoxy) is 3. The number of rotatable bonds is 10. The van der Waals surface area contributed by atoms with Crippen LogP contribution in [0.4, 0.5) is 5.69 Å². The number of para-hydroxylation sites is 2. The maximum Gasteiger partial charge on any atom is 0.224 e. The minimum absolute atomic E-state index is 0.0991. The lowest BCUT2D eigenvalue weighted by molar-refractivity contribution is -0.116. The van der Waals surface area contributed by atoms with Crippen LogP contribution in [-0.2, 0) is 4.79 Å². The van der Waals surface area contributed by atoms with Gasteiger partial charge in [-0.25, -0.2) is 0 Å². The molecule has 27 heavy (non-hydrogen) atoms. The number of nitrogens with one attached hydrogen (secondary N) is 1. The van der Waals surface area contributed by atoms with Crippen molar-refractivity contribution in [3.05, 3.63) is 48.0 Å². The van der Waals surface area contributed by atoms with E-state index in [1.807, 2.05) is 31.2 Å². The summed E-state index contributed by atoms with van der Waals surface area (Å²) in [5.41, 5.74) is 1.17. The van der Waals surface area contributed by atoms with Crippen LogP contribution in [-0.4, -0.2) is 26.2 Å². The number of carbonyl (C=O) groups excluding carboxylic acids is 1. The van der Waals surface area contributed by atoms with Crippen molar-refractivity contribution < 1.29 is 19.0 Å². The van der Waals surface area contributed by atoms with Gasteiger partial charge in [0.2, 0.25) is 5.91 Å². The van der Waals surface area contributed by atoms with E-state index in [0.717, 1.165) is 6.42 Å². The van der Waals surface area contributed by atoms with Crippen LogP contribution >= 0.6 is 0 Å². The Balaban J connectivity index is 1.81. The quantitative estimate of drug-likeness (QED) is 0.637. The number of hydrogen-bond donors (Lipinski definition) is 1. The SMILES string of the molecule is CCCOc1ccccc1NC(=O)CCCOc1ccc(C#N)cc1OC. The molecule has 0 bridgehead atoms. The number of hydrogen-bond acceptors (Lipinski definition) is 5. The van der Waals surface area contributed by atoms with Crippen molar-refractivity contribution in [2.45, 2.75) is 26.2 Å². The molecule has 0 heterocycles. The molecule has 0 fully saturated rings. The fourth-order valence-corrected chi connectivity index (χ4v) is 2.39. The van der Waals surface area contributed by atoms with Crippen LogP contribution in [0.1, 0.15) is 31.7 Å². The first-order chi connectivity index (χ1) is 13.2. The highest BCUT2D eigenvalue weighted by Gasteiger charge is 2.09. The van der Waals surface area contributed by atoms with Gasteiger partial charge in [-0.3, -0.25) is 4.79 Å². The van der Waals surface area contributed by atoms with Crippen LogP contribution in [0.5, 0.6) is 17.2 Å². The largest absolute Gasteiger partial charge is 0.493 e. The van der Waals surface area contributed by atoms with Crippen molar-refractivity contribution in [1.29, 1.82) is 5.26 Å². The van der Waals surface area contributed by atoms with E-state index < -0.39 is 0 Å². The van der Waals surface area contributed by atoms with Crippen LogP contribution in [0.3, 0.4) is 0 Å². The first-order valence-corrected chi connectivity index (χ1v) is 8.90. The van der Waals surface area contributed by atoms with E-state index in [1.54, 1.807) is 18.2 Å². The number of anilines is 1. The molecule has 1 amide bonds. The topological polar surface area (TPSA) is 80.6 Å². The van der Waals surface area contributed by atoms with Crippen molar-refractivity contribution in [2.24, 2.45) is 0 Å². The van der Waals surface area contributed by atoms with Gasteiger partial charge in [-0.2, -0.15) is 5.26 Å². The molecule has 0 aromatic heterocycles. The normalized spacial score (nSPS) is 9.96. The molecule has 0 radical (unpaired) electrons. The Hall–Kier alpha value is -3.20. The third kappa shape index (κ3) is 6.23. The van der Waals surface area contributed by atoms with Gasteiger partial charge < -0.3 is 19.5 Å². The molecule has 2 rings (SSSR count). The second-order valence-corrected chi connectivity index (χ2v) is 5.82. The van der Waals surface area contributed by atoms with Gasteiger partial charge in [0.1, 0.15) is 5.75 Å². The molecule has 2 aromatic rings. The lowest BCUT2D eigenvalue weighted by Gasteiger charge is -2.12. The van der Waals surface area contributed by atoms with Crippen molar-refractivity contribution in [1.82, 2.24) is 0 Å². The highest BCUT2D eigenvalue weighted by atomic mass is 16.5. The molecule has 0 aliphatic heterocycles. The second-order valence-electron chi connectivity index (χ2n) is 5.82. The molecule has 6 heteroatoms. The van der Waals surface area contributed by atoms with Gasteiger partial charge in [-0.05, 0) is 37.1 Å². The summed E-state index contributed by atoms with van der Waals surface area (Å²) < 4.78 is 16.5. The van der Waals surface area contributed by atoms with Gasteiger partial charge >= 0.3 is 0 Å². The lowest BCUT2D eigenvalue weighted by atomic mass is 10.2. The number of nitrogens with zero attached hydrogens (tertiary/aromatic N) is 1. The van der Waals surface area contributed by atoms with Gasteiger partial charge in [0.05, 0.1) is 37.6 Å². The number of amides is 1. The zero-order valence-corrected chi connectivity index (χ0v) is 15.7. The molecule has 0 saturated carbocycles. The maximum atomic E-state index is 12.2. The molecule has 6 nitrogen and oxygen atoms in total. The molecule has 0 aliphatic rings. The number of benzene rings is 2. The summed E-state index contributed by atoms with van der Waals surface area (Å²) in [6.07, 6.45) is 1.77. The van der Waals surface area contributed by atoms with Crippen LogP contribution in [0.15, 0.2) is 42.5 Å². The van der Waals surface area contributed by atoms with Crippen LogP contribution in [0.2, 0.25) is 0 Å². The molecule has 0 spiro atoms. The van der Waals surface area contributed by atoms with Gasteiger partial charge in [0.25, 0.3) is 0 Å². The van der Waals surface area contributed by atoms with Gasteiger partial charge in [-0.1, -0.05) is 19.1 Å². The van der Waals surface area contributed by atoms with E-state index in [4.69, 9.17) is 19.5 Å². The van der Waals surface area contributed by atoms with Crippen LogP contribution in [0, 0.1) is 11.3 Å². The first kappa shape index (κ1) is 20.1. The maximum absolute atomic E-state index is 12.2. The molecule has 0 saturated heterocycles. The highest BCUT2D eigenvalue weighted by molar-refractivity contribution is 5.92. The lowest BCUT2D eigenvalue weighted by Crippen LogP contribution is -2.14. The minimum Gasteiger partial charge on any atom is -0.493 e. The Kier molecular flexibility index (Phi) is 7.98. The first-order valence-electron chi connectivity index (χ1n) is 8.90. The molecule has 0 aliphatic carbocycles. The Morgan fingerprint density at radius 2 is 1.85 bits per heavy atom. The average molecular weight is 368 g/mol. The van der Waals surface area contributed by atoms with Gasteiger partial charge in [0, 0.05) is 12.5 Å². The Morgan fingerprint density at radius 1 is 1.07 bits per heavy atom. The predicted octanol–water partition coefficient (Wildman–Crippen LogP) is 4.15. The van der Waals surface area contributed by atoms with E-state index >= 15 is 0 Å². The highest BCUT2D eigenvalue weighted by Crippen LogP contribution is 2.28. The van der Waals surface area contributed by atoms with E-state index in [1.165, 1.54) is 7.11 Å². The van der Waals surface area contributed by atoms with Crippen molar-refractivity contribution in [3.8, 4) is 23.3 Å². The predicted molar refractivity (Wildman–Crippen MR) is 103 cm³/mol. The average Bonchev–Trinajstić information content (AvgIpc) is 2.70. The van der Waals surface area contributed by atoms with Crippen molar-refractivity contribution in [3.63, 3.8) is 0 Å². The van der Waals surface area contributed by atoms with Crippen molar-refractivity contribution >= 4 is 11.6 Å². The van der Waals surface area contributed by atoms with E-state index in [2.05, 4.69) is 11.4 Å².